The first-order valence-corrected chi connectivity index (χ1v) is 14.3. The molecule has 0 aliphatic carbocycles. The predicted octanol–water partition coefficient (Wildman–Crippen LogP) is 8.52. The number of amidine groups is 1. The van der Waals surface area contributed by atoms with Gasteiger partial charge in [0.15, 0.2) is 5.84 Å². The molecule has 1 aromatic heterocycles. The molecule has 5 aromatic carbocycles. The molecule has 6 aromatic rings. The van der Waals surface area contributed by atoms with Crippen LogP contribution in [0.4, 0.5) is 0 Å². The predicted molar refractivity (Wildman–Crippen MR) is 176 cm³/mol. The Morgan fingerprint density at radius 3 is 1.91 bits per heavy atom. The zero-order chi connectivity index (χ0) is 29.3. The van der Waals surface area contributed by atoms with E-state index in [2.05, 4.69) is 115 Å². The third-order valence-corrected chi connectivity index (χ3v) is 8.10. The molecule has 1 aliphatic heterocycles. The van der Waals surface area contributed by atoms with Crippen LogP contribution in [-0.2, 0) is 7.05 Å². The lowest BCUT2D eigenvalue weighted by Gasteiger charge is -2.20. The van der Waals surface area contributed by atoms with Gasteiger partial charge in [0.2, 0.25) is 0 Å². The molecule has 0 spiro atoms. The van der Waals surface area contributed by atoms with Crippen molar-refractivity contribution in [3.8, 4) is 33.8 Å². The topological polar surface area (TPSA) is 48.1 Å². The summed E-state index contributed by atoms with van der Waals surface area (Å²) in [6, 6.07) is 41.3. The van der Waals surface area contributed by atoms with E-state index in [9.17, 15) is 0 Å². The maximum absolute atomic E-state index is 5.74. The quantitative estimate of drug-likeness (QED) is 0.196. The molecule has 0 amide bonds. The number of para-hydroxylation sites is 1. The van der Waals surface area contributed by atoms with Gasteiger partial charge < -0.3 is 14.0 Å². The molecule has 43 heavy (non-hydrogen) atoms. The Bertz CT molecular complexity index is 2010. The minimum Gasteiger partial charge on any atom is -0.497 e. The maximum Gasteiger partial charge on any atom is 0.158 e. The van der Waals surface area contributed by atoms with Gasteiger partial charge in [0, 0.05) is 35.3 Å². The number of aryl methyl sites for hydroxylation is 1. The van der Waals surface area contributed by atoms with Crippen LogP contribution >= 0.6 is 0 Å². The molecule has 210 valence electrons. The van der Waals surface area contributed by atoms with Crippen molar-refractivity contribution in [2.75, 3.05) is 14.2 Å². The first kappa shape index (κ1) is 26.5. The van der Waals surface area contributed by atoms with Crippen LogP contribution in [-0.4, -0.2) is 30.3 Å². The average molecular weight is 562 g/mol. The molecule has 0 fully saturated rings. The number of methoxy groups -OCH3 is 2. The molecule has 5 nitrogen and oxygen atoms in total. The van der Waals surface area contributed by atoms with Crippen molar-refractivity contribution in [2.24, 2.45) is 17.0 Å². The molecule has 0 saturated carbocycles. The second kappa shape index (κ2) is 11.1. The van der Waals surface area contributed by atoms with E-state index in [1.807, 2.05) is 24.3 Å². The molecule has 5 heteroatoms. The van der Waals surface area contributed by atoms with Crippen molar-refractivity contribution in [1.82, 2.24) is 4.57 Å². The Morgan fingerprint density at radius 1 is 0.605 bits per heavy atom. The summed E-state index contributed by atoms with van der Waals surface area (Å²) in [7, 11) is 5.46. The number of hydrogen-bond donors (Lipinski definition) is 0. The summed E-state index contributed by atoms with van der Waals surface area (Å²) in [5.74, 6) is 2.25. The van der Waals surface area contributed by atoms with Crippen LogP contribution in [0.25, 0.3) is 33.2 Å². The molecule has 1 aliphatic rings. The van der Waals surface area contributed by atoms with E-state index in [1.54, 1.807) is 14.2 Å². The van der Waals surface area contributed by atoms with Crippen LogP contribution in [0.2, 0.25) is 0 Å². The molecule has 0 N–H and O–H groups in total. The molecule has 7 rings (SSSR count). The number of benzene rings is 5. The lowest BCUT2D eigenvalue weighted by molar-refractivity contribution is 0.414. The molecule has 2 heterocycles. The fourth-order valence-electron chi connectivity index (χ4n) is 5.97. The van der Waals surface area contributed by atoms with Gasteiger partial charge >= 0.3 is 0 Å². The highest BCUT2D eigenvalue weighted by Crippen LogP contribution is 2.41. The summed E-state index contributed by atoms with van der Waals surface area (Å²) in [6.45, 7) is 0. The molecule has 0 bridgehead atoms. The van der Waals surface area contributed by atoms with Crippen LogP contribution in [0.3, 0.4) is 0 Å². The molecule has 1 unspecified atom stereocenters. The van der Waals surface area contributed by atoms with Crippen molar-refractivity contribution in [3.63, 3.8) is 0 Å². The van der Waals surface area contributed by atoms with E-state index in [0.717, 1.165) is 67.1 Å². The number of aromatic nitrogens is 1. The van der Waals surface area contributed by atoms with E-state index in [4.69, 9.17) is 19.5 Å². The number of nitrogens with zero attached hydrogens (tertiary/aromatic N) is 3. The zero-order valence-electron chi connectivity index (χ0n) is 24.4. The Hall–Kier alpha value is -5.42. The van der Waals surface area contributed by atoms with Gasteiger partial charge in [-0.2, -0.15) is 0 Å². The summed E-state index contributed by atoms with van der Waals surface area (Å²) in [5, 5.41) is 1.12. The third-order valence-electron chi connectivity index (χ3n) is 8.10. The standard InChI is InChI=1S/C38H31N3O2/c1-41-24-34(31-16-10-11-17-35(31)41)38-39-36(32-22-27(42-2)18-20-29(32)25-12-6-4-7-13-25)37(40-38)33-23-28(43-3)19-21-30(33)26-14-8-5-9-15-26/h4-24,36H,1-3H3. The fraction of sp³-hybridized carbons (Fsp3) is 0.105. The Morgan fingerprint density at radius 2 is 1.21 bits per heavy atom. The van der Waals surface area contributed by atoms with Crippen LogP contribution < -0.4 is 9.47 Å². The van der Waals surface area contributed by atoms with Gasteiger partial charge in [-0.15, -0.1) is 0 Å². The Kier molecular flexibility index (Phi) is 6.84. The average Bonchev–Trinajstić information content (AvgIpc) is 3.66. The van der Waals surface area contributed by atoms with Gasteiger partial charge in [-0.3, -0.25) is 4.99 Å². The molecule has 0 saturated heterocycles. The van der Waals surface area contributed by atoms with Gasteiger partial charge in [-0.25, -0.2) is 4.99 Å². The third kappa shape index (κ3) is 4.79. The zero-order valence-corrected chi connectivity index (χ0v) is 24.4. The molecule has 0 radical (unpaired) electrons. The van der Waals surface area contributed by atoms with E-state index in [0.29, 0.717) is 5.84 Å². The van der Waals surface area contributed by atoms with Crippen molar-refractivity contribution >= 4 is 22.5 Å². The summed E-state index contributed by atoms with van der Waals surface area (Å²) in [6.07, 6.45) is 2.13. The molecule has 1 atom stereocenters. The van der Waals surface area contributed by atoms with Gasteiger partial charge in [0.1, 0.15) is 17.5 Å². The van der Waals surface area contributed by atoms with Crippen molar-refractivity contribution in [2.45, 2.75) is 6.04 Å². The van der Waals surface area contributed by atoms with Crippen LogP contribution in [0.15, 0.2) is 138 Å². The lowest BCUT2D eigenvalue weighted by Crippen LogP contribution is -2.12. The van der Waals surface area contributed by atoms with E-state index < -0.39 is 0 Å². The number of aliphatic imine (C=N–C) groups is 2. The summed E-state index contributed by atoms with van der Waals surface area (Å²) >= 11 is 0. The summed E-state index contributed by atoms with van der Waals surface area (Å²) in [5.41, 5.74) is 9.40. The van der Waals surface area contributed by atoms with Crippen molar-refractivity contribution in [1.29, 1.82) is 0 Å². The highest BCUT2D eigenvalue weighted by atomic mass is 16.5. The number of fused-ring (bicyclic) bond motifs is 1. The van der Waals surface area contributed by atoms with E-state index in [-0.39, 0.29) is 6.04 Å². The highest BCUT2D eigenvalue weighted by molar-refractivity contribution is 6.23. The number of hydrogen-bond acceptors (Lipinski definition) is 4. The molecular formula is C38H31N3O2. The number of ether oxygens (including phenoxy) is 2. The normalized spacial score (nSPS) is 14.4. The monoisotopic (exact) mass is 561 g/mol. The minimum absolute atomic E-state index is 0.381. The fourth-order valence-corrected chi connectivity index (χ4v) is 5.97. The van der Waals surface area contributed by atoms with Gasteiger partial charge in [0.05, 0.1) is 19.9 Å². The smallest absolute Gasteiger partial charge is 0.158 e. The Balaban J connectivity index is 1.50. The second-order valence-electron chi connectivity index (χ2n) is 10.6. The van der Waals surface area contributed by atoms with Crippen molar-refractivity contribution < 1.29 is 9.47 Å². The first-order valence-electron chi connectivity index (χ1n) is 14.3. The lowest BCUT2D eigenvalue weighted by atomic mass is 9.87. The summed E-state index contributed by atoms with van der Waals surface area (Å²) in [4.78, 5) is 10.8. The SMILES string of the molecule is COc1ccc(-c2ccccc2)c(C2=NC(c3cn(C)c4ccccc34)=NC2c2cc(OC)ccc2-c2ccccc2)c1. The van der Waals surface area contributed by atoms with Crippen LogP contribution in [0.1, 0.15) is 22.7 Å². The van der Waals surface area contributed by atoms with E-state index >= 15 is 0 Å². The van der Waals surface area contributed by atoms with Gasteiger partial charge in [0.25, 0.3) is 0 Å². The summed E-state index contributed by atoms with van der Waals surface area (Å²) < 4.78 is 13.6. The molecular weight excluding hydrogens is 530 g/mol. The highest BCUT2D eigenvalue weighted by Gasteiger charge is 2.32. The minimum atomic E-state index is -0.381. The Labute approximate surface area is 251 Å². The maximum atomic E-state index is 5.74. The first-order chi connectivity index (χ1) is 21.1. The second-order valence-corrected chi connectivity index (χ2v) is 10.6. The van der Waals surface area contributed by atoms with Crippen LogP contribution in [0, 0.1) is 0 Å². The van der Waals surface area contributed by atoms with Crippen LogP contribution in [0.5, 0.6) is 11.5 Å². The van der Waals surface area contributed by atoms with Gasteiger partial charge in [-0.05, 0) is 58.1 Å². The van der Waals surface area contributed by atoms with Crippen molar-refractivity contribution in [3.05, 3.63) is 144 Å². The number of rotatable bonds is 7. The van der Waals surface area contributed by atoms with E-state index in [1.165, 1.54) is 0 Å². The van der Waals surface area contributed by atoms with Gasteiger partial charge in [-0.1, -0.05) is 91.0 Å². The largest absolute Gasteiger partial charge is 0.497 e.